The highest BCUT2D eigenvalue weighted by Crippen LogP contribution is 2.40. The molecule has 8 aromatic rings. The maximum atomic E-state index is 12.8. The van der Waals surface area contributed by atoms with E-state index in [2.05, 4.69) is 72.4 Å². The van der Waals surface area contributed by atoms with E-state index < -0.39 is 12.7 Å². The van der Waals surface area contributed by atoms with E-state index in [1.165, 1.54) is 0 Å². The topological polar surface area (TPSA) is 186 Å². The standard InChI is InChI=1S/C92H88N8O10S4/c1-7-105-91-97(77-49-33-69(34-50-77)21-17-65-25-41-73(42-26-65)87(101)107-57-9-13-61-111-3)83-84(98(91)78-51-35-70(36-52-78)22-18-66-27-43-74(44-28-66)88(102)108-58-10-14-62-112-4)94-81(93-83)82-95-85-86(96-82)100(80-55-39-72(40-56-80)24-20-68-31-47-76(48-32-68)90(104)110-60-12-16-64-114-6)92(106-8-2)99(85)79-53-37-71(38-54-79)23-19-67-29-45-75(46-30-67)89(103)109-59-11-15-63-113-5/h25-56,91-92H,7-16,57-64H2,1-6H3. The van der Waals surface area contributed by atoms with Crippen LogP contribution in [0.15, 0.2) is 226 Å². The van der Waals surface area contributed by atoms with Gasteiger partial charge >= 0.3 is 23.9 Å². The smallest absolute Gasteiger partial charge is 0.338 e. The van der Waals surface area contributed by atoms with Crippen LogP contribution in [-0.2, 0) is 28.4 Å². The Bertz CT molecular complexity index is 4490. The highest BCUT2D eigenvalue weighted by Gasteiger charge is 2.50. The molecule has 4 aliphatic heterocycles. The van der Waals surface area contributed by atoms with Crippen molar-refractivity contribution in [2.24, 2.45) is 20.0 Å². The van der Waals surface area contributed by atoms with Crippen LogP contribution in [0.2, 0.25) is 0 Å². The van der Waals surface area contributed by atoms with Crippen molar-refractivity contribution in [2.75, 3.05) is 107 Å². The number of carbonyl (C=O) groups is 4. The maximum Gasteiger partial charge on any atom is 0.338 e. The second-order valence-electron chi connectivity index (χ2n) is 26.3. The highest BCUT2D eigenvalue weighted by molar-refractivity contribution is 7.99. The summed E-state index contributed by atoms with van der Waals surface area (Å²) >= 11 is 7.10. The molecule has 0 atom stereocenters. The summed E-state index contributed by atoms with van der Waals surface area (Å²) in [5, 5.41) is 0. The van der Waals surface area contributed by atoms with Crippen molar-refractivity contribution in [1.29, 1.82) is 0 Å². The van der Waals surface area contributed by atoms with E-state index in [0.29, 0.717) is 85.2 Å². The third-order valence-corrected chi connectivity index (χ3v) is 21.0. The number of rotatable bonds is 32. The number of hydrogen-bond donors (Lipinski definition) is 0. The predicted molar refractivity (Wildman–Crippen MR) is 465 cm³/mol. The molecule has 0 bridgehead atoms. The van der Waals surface area contributed by atoms with Gasteiger partial charge in [0.25, 0.3) is 0 Å². The van der Waals surface area contributed by atoms with Crippen molar-refractivity contribution in [1.82, 2.24) is 0 Å². The Morgan fingerprint density at radius 1 is 0.289 bits per heavy atom. The Morgan fingerprint density at radius 2 is 0.474 bits per heavy atom. The molecule has 580 valence electrons. The number of amidine groups is 4. The number of hydrogen-bond acceptors (Lipinski definition) is 22. The molecule has 22 heteroatoms. The molecule has 0 amide bonds. The zero-order chi connectivity index (χ0) is 79.4. The molecule has 12 rings (SSSR count). The Kier molecular flexibility index (Phi) is 30.4. The molecular formula is C92H88N8O10S4. The number of carbonyl (C=O) groups excluding carboxylic acids is 4. The molecule has 0 aliphatic carbocycles. The fourth-order valence-electron chi connectivity index (χ4n) is 12.3. The Hall–Kier alpha value is -11.2. The van der Waals surface area contributed by atoms with E-state index in [-0.39, 0.29) is 35.5 Å². The quantitative estimate of drug-likeness (QED) is 0.0168. The predicted octanol–water partition coefficient (Wildman–Crippen LogP) is 17.2. The number of esters is 4. The van der Waals surface area contributed by atoms with Crippen LogP contribution in [0.1, 0.15) is 151 Å². The van der Waals surface area contributed by atoms with E-state index in [4.69, 9.17) is 48.4 Å². The van der Waals surface area contributed by atoms with E-state index in [9.17, 15) is 19.2 Å². The first kappa shape index (κ1) is 82.3. The van der Waals surface area contributed by atoms with Gasteiger partial charge in [-0.2, -0.15) is 47.0 Å². The van der Waals surface area contributed by atoms with Gasteiger partial charge in [-0.05, 0) is 307 Å². The van der Waals surface area contributed by atoms with Gasteiger partial charge in [-0.1, -0.05) is 47.4 Å². The van der Waals surface area contributed by atoms with Gasteiger partial charge in [0.15, 0.2) is 23.3 Å². The Balaban J connectivity index is 0.875. The zero-order valence-electron chi connectivity index (χ0n) is 64.7. The maximum absolute atomic E-state index is 12.8. The number of nitrogens with zero attached hydrogens (tertiary/aromatic N) is 8. The summed E-state index contributed by atoms with van der Waals surface area (Å²) in [7, 11) is 0. The number of unbranched alkanes of at least 4 members (excludes halogenated alkanes) is 4. The van der Waals surface area contributed by atoms with Crippen LogP contribution in [0.5, 0.6) is 0 Å². The molecule has 4 heterocycles. The van der Waals surface area contributed by atoms with Crippen LogP contribution < -0.4 is 19.6 Å². The van der Waals surface area contributed by atoms with E-state index in [1.54, 1.807) is 95.6 Å². The minimum Gasteiger partial charge on any atom is -0.462 e. The molecule has 114 heavy (non-hydrogen) atoms. The summed E-state index contributed by atoms with van der Waals surface area (Å²) in [5.41, 5.74) is 10.8. The number of aliphatic imine (C=N–C) groups is 4. The lowest BCUT2D eigenvalue weighted by atomic mass is 10.1. The van der Waals surface area contributed by atoms with Crippen molar-refractivity contribution in [2.45, 2.75) is 77.9 Å². The lowest BCUT2D eigenvalue weighted by Crippen LogP contribution is -2.43. The van der Waals surface area contributed by atoms with E-state index in [0.717, 1.165) is 142 Å². The molecule has 0 aromatic heterocycles. The van der Waals surface area contributed by atoms with Gasteiger partial charge in [0.1, 0.15) is 0 Å². The van der Waals surface area contributed by atoms with Crippen LogP contribution in [0, 0.1) is 47.4 Å². The number of anilines is 4. The molecule has 2 fully saturated rings. The summed E-state index contributed by atoms with van der Waals surface area (Å²) in [6.45, 7) is 6.07. The lowest BCUT2D eigenvalue weighted by Gasteiger charge is -2.31. The van der Waals surface area contributed by atoms with Gasteiger partial charge in [0.05, 0.1) is 48.7 Å². The van der Waals surface area contributed by atoms with Crippen LogP contribution in [0.3, 0.4) is 0 Å². The monoisotopic (exact) mass is 1590 g/mol. The summed E-state index contributed by atoms with van der Waals surface area (Å²) in [6, 6.07) is 59.9. The summed E-state index contributed by atoms with van der Waals surface area (Å²) in [4.78, 5) is 80.6. The third kappa shape index (κ3) is 21.8. The van der Waals surface area contributed by atoms with Crippen molar-refractivity contribution in [3.63, 3.8) is 0 Å². The molecule has 0 spiro atoms. The van der Waals surface area contributed by atoms with Gasteiger partial charge in [-0.25, -0.2) is 39.1 Å². The number of fused-ring (bicyclic) bond motifs is 2. The number of ether oxygens (including phenoxy) is 6. The molecule has 2 saturated heterocycles. The van der Waals surface area contributed by atoms with Crippen LogP contribution in [-0.4, -0.2) is 148 Å². The normalized spacial score (nSPS) is 13.4. The second-order valence-corrected chi connectivity index (χ2v) is 30.2. The Labute approximate surface area is 685 Å². The first-order valence-electron chi connectivity index (χ1n) is 38.0. The first-order valence-corrected chi connectivity index (χ1v) is 43.5. The van der Waals surface area contributed by atoms with Gasteiger partial charge in [-0.3, -0.25) is 19.6 Å². The molecule has 0 radical (unpaired) electrons. The fourth-order valence-corrected chi connectivity index (χ4v) is 14.3. The molecule has 4 aliphatic rings. The van der Waals surface area contributed by atoms with Crippen LogP contribution >= 0.6 is 47.0 Å². The van der Waals surface area contributed by atoms with E-state index >= 15 is 0 Å². The molecule has 0 unspecified atom stereocenters. The largest absolute Gasteiger partial charge is 0.462 e. The van der Waals surface area contributed by atoms with Gasteiger partial charge < -0.3 is 28.4 Å². The minimum atomic E-state index is -0.770. The molecule has 18 nitrogen and oxygen atoms in total. The first-order chi connectivity index (χ1) is 55.9. The van der Waals surface area contributed by atoms with E-state index in [1.807, 2.05) is 179 Å². The minimum absolute atomic E-state index is 0.252. The van der Waals surface area contributed by atoms with Crippen molar-refractivity contribution in [3.8, 4) is 47.4 Å². The summed E-state index contributed by atoms with van der Waals surface area (Å²) in [5.74, 6) is 31.4. The fraction of sp³-hybridized carbons (Fsp3) is 0.283. The van der Waals surface area contributed by atoms with Crippen LogP contribution in [0.25, 0.3) is 0 Å². The van der Waals surface area contributed by atoms with Gasteiger partial charge in [-0.15, -0.1) is 0 Å². The van der Waals surface area contributed by atoms with Crippen LogP contribution in [0.4, 0.5) is 22.7 Å². The summed E-state index contributed by atoms with van der Waals surface area (Å²) in [6.07, 6.45) is 13.9. The number of benzene rings is 8. The van der Waals surface area contributed by atoms with Gasteiger partial charge in [0, 0.05) is 80.5 Å². The van der Waals surface area contributed by atoms with Crippen molar-refractivity contribution in [3.05, 3.63) is 273 Å². The molecule has 8 aromatic carbocycles. The molecular weight excluding hydrogens is 1510 g/mol. The Morgan fingerprint density at radius 3 is 0.649 bits per heavy atom. The average molecular weight is 1590 g/mol. The SMILES string of the molecule is CCOC1N(c2ccc(C#Cc3ccc(C(=O)OCCCCSC)cc3)cc2)C2=NC(=C3N=C4C(=N3)N(c3ccc(C#Cc5ccc(C(=O)OCCCCSC)cc5)cc3)C(OCC)N4c3ccc(C#Cc4ccc(C(=O)OCCCCSC)cc4)cc3)N=C2N1c1ccc(C#Cc2ccc(C(=O)OCCCCSC)cc2)cc1. The lowest BCUT2D eigenvalue weighted by molar-refractivity contribution is 0.0490. The van der Waals surface area contributed by atoms with Crippen molar-refractivity contribution >= 4 is 117 Å². The zero-order valence-corrected chi connectivity index (χ0v) is 67.9. The summed E-state index contributed by atoms with van der Waals surface area (Å²) < 4.78 is 35.5. The highest BCUT2D eigenvalue weighted by atomic mass is 32.2. The number of thioether (sulfide) groups is 4. The average Bonchev–Trinajstić information content (AvgIpc) is 1.56. The molecule has 0 N–H and O–H groups in total. The molecule has 0 saturated carbocycles. The third-order valence-electron chi connectivity index (χ3n) is 18.2. The second kappa shape index (κ2) is 42.1. The van der Waals surface area contributed by atoms with Crippen molar-refractivity contribution < 1.29 is 47.6 Å². The van der Waals surface area contributed by atoms with Gasteiger partial charge in [0.2, 0.25) is 24.3 Å².